The van der Waals surface area contributed by atoms with Crippen LogP contribution in [-0.2, 0) is 19.6 Å². The SMILES string of the molecule is C=CCN(c1ccccc1)S(=O)(=O)c1cccc(C(=O)OCC(=O)Nc2cccc([N+](=O)[O-])c2)c1. The topological polar surface area (TPSA) is 136 Å². The molecule has 0 bridgehead atoms. The minimum absolute atomic E-state index is 0.0127. The van der Waals surface area contributed by atoms with E-state index in [9.17, 15) is 28.1 Å². The Balaban J connectivity index is 1.71. The van der Waals surface area contributed by atoms with Crippen molar-refractivity contribution in [1.82, 2.24) is 0 Å². The second-order valence-corrected chi connectivity index (χ2v) is 8.98. The van der Waals surface area contributed by atoms with Crippen molar-refractivity contribution < 1.29 is 27.7 Å². The molecule has 0 unspecified atom stereocenters. The molecule has 0 heterocycles. The van der Waals surface area contributed by atoms with Crippen molar-refractivity contribution in [3.8, 4) is 0 Å². The van der Waals surface area contributed by atoms with E-state index < -0.39 is 33.4 Å². The highest BCUT2D eigenvalue weighted by atomic mass is 32.2. The lowest BCUT2D eigenvalue weighted by Gasteiger charge is -2.23. The lowest BCUT2D eigenvalue weighted by molar-refractivity contribution is -0.384. The molecule has 0 aliphatic carbocycles. The summed E-state index contributed by atoms with van der Waals surface area (Å²) in [4.78, 5) is 34.7. The van der Waals surface area contributed by atoms with E-state index in [1.807, 2.05) is 0 Å². The van der Waals surface area contributed by atoms with E-state index in [4.69, 9.17) is 4.74 Å². The van der Waals surface area contributed by atoms with Gasteiger partial charge in [-0.05, 0) is 36.4 Å². The lowest BCUT2D eigenvalue weighted by Crippen LogP contribution is -2.31. The van der Waals surface area contributed by atoms with E-state index in [1.54, 1.807) is 30.3 Å². The van der Waals surface area contributed by atoms with Gasteiger partial charge in [0, 0.05) is 17.8 Å². The molecule has 0 aliphatic heterocycles. The number of sulfonamides is 1. The zero-order valence-corrected chi connectivity index (χ0v) is 19.2. The fraction of sp³-hybridized carbons (Fsp3) is 0.0833. The van der Waals surface area contributed by atoms with Crippen LogP contribution in [0.25, 0.3) is 0 Å². The van der Waals surface area contributed by atoms with Crippen LogP contribution in [0.2, 0.25) is 0 Å². The number of nitro benzene ring substituents is 1. The monoisotopic (exact) mass is 495 g/mol. The normalized spacial score (nSPS) is 10.7. The molecule has 0 saturated carbocycles. The number of non-ortho nitro benzene ring substituents is 1. The molecule has 3 rings (SSSR count). The molecule has 0 saturated heterocycles. The largest absolute Gasteiger partial charge is 0.452 e. The number of carbonyl (C=O) groups is 2. The van der Waals surface area contributed by atoms with Crippen LogP contribution in [0.15, 0.2) is 96.4 Å². The molecule has 3 aromatic rings. The van der Waals surface area contributed by atoms with Gasteiger partial charge in [-0.3, -0.25) is 19.2 Å². The molecule has 0 radical (unpaired) electrons. The Bertz CT molecular complexity index is 1360. The van der Waals surface area contributed by atoms with Crippen molar-refractivity contribution in [2.75, 3.05) is 22.8 Å². The van der Waals surface area contributed by atoms with Gasteiger partial charge in [0.1, 0.15) is 0 Å². The summed E-state index contributed by atoms with van der Waals surface area (Å²) in [6, 6.07) is 19.0. The van der Waals surface area contributed by atoms with Gasteiger partial charge in [0.25, 0.3) is 21.6 Å². The average Bonchev–Trinajstić information content (AvgIpc) is 2.86. The highest BCUT2D eigenvalue weighted by Crippen LogP contribution is 2.24. The number of nitrogens with zero attached hydrogens (tertiary/aromatic N) is 2. The van der Waals surface area contributed by atoms with Crippen molar-refractivity contribution in [1.29, 1.82) is 0 Å². The summed E-state index contributed by atoms with van der Waals surface area (Å²) in [5.74, 6) is -1.63. The van der Waals surface area contributed by atoms with Gasteiger partial charge in [-0.1, -0.05) is 36.4 Å². The van der Waals surface area contributed by atoms with E-state index in [1.165, 1.54) is 42.5 Å². The maximum absolute atomic E-state index is 13.3. The van der Waals surface area contributed by atoms with Crippen molar-refractivity contribution in [3.05, 3.63) is 107 Å². The third-order valence-corrected chi connectivity index (χ3v) is 6.46. The van der Waals surface area contributed by atoms with E-state index in [0.29, 0.717) is 5.69 Å². The Morgan fingerprint density at radius 3 is 2.43 bits per heavy atom. The van der Waals surface area contributed by atoms with Crippen LogP contribution < -0.4 is 9.62 Å². The number of rotatable bonds is 10. The Kier molecular flexibility index (Phi) is 7.95. The number of ether oxygens (including phenoxy) is 1. The first-order chi connectivity index (χ1) is 16.7. The first-order valence-corrected chi connectivity index (χ1v) is 11.7. The second kappa shape index (κ2) is 11.1. The molecular weight excluding hydrogens is 474 g/mol. The summed E-state index contributed by atoms with van der Waals surface area (Å²) in [5, 5.41) is 13.2. The number of nitro groups is 1. The zero-order chi connectivity index (χ0) is 25.4. The summed E-state index contributed by atoms with van der Waals surface area (Å²) < 4.78 is 32.7. The molecule has 0 atom stereocenters. The number of para-hydroxylation sites is 1. The molecule has 180 valence electrons. The molecule has 0 spiro atoms. The van der Waals surface area contributed by atoms with Crippen LogP contribution >= 0.6 is 0 Å². The van der Waals surface area contributed by atoms with Crippen molar-refractivity contribution >= 4 is 39.0 Å². The quantitative estimate of drug-likeness (QED) is 0.196. The van der Waals surface area contributed by atoms with Gasteiger partial charge in [0.05, 0.1) is 27.6 Å². The van der Waals surface area contributed by atoms with Crippen LogP contribution in [0, 0.1) is 10.1 Å². The minimum Gasteiger partial charge on any atom is -0.452 e. The van der Waals surface area contributed by atoms with Crippen LogP contribution in [0.4, 0.5) is 17.1 Å². The number of hydrogen-bond donors (Lipinski definition) is 1. The number of amides is 1. The number of anilines is 2. The van der Waals surface area contributed by atoms with Gasteiger partial charge in [-0.25, -0.2) is 13.2 Å². The Morgan fingerprint density at radius 1 is 1.03 bits per heavy atom. The van der Waals surface area contributed by atoms with Gasteiger partial charge >= 0.3 is 5.97 Å². The maximum atomic E-state index is 13.3. The van der Waals surface area contributed by atoms with Crippen LogP contribution in [0.5, 0.6) is 0 Å². The van der Waals surface area contributed by atoms with Gasteiger partial charge in [0.2, 0.25) is 0 Å². The van der Waals surface area contributed by atoms with E-state index in [0.717, 1.165) is 16.4 Å². The predicted octanol–water partition coefficient (Wildman–Crippen LogP) is 3.77. The average molecular weight is 496 g/mol. The Labute approximate surface area is 201 Å². The molecule has 0 aromatic heterocycles. The molecule has 35 heavy (non-hydrogen) atoms. The number of carbonyl (C=O) groups excluding carboxylic acids is 2. The third kappa shape index (κ3) is 6.30. The van der Waals surface area contributed by atoms with Crippen LogP contribution in [0.1, 0.15) is 10.4 Å². The van der Waals surface area contributed by atoms with Crippen molar-refractivity contribution in [2.24, 2.45) is 0 Å². The zero-order valence-electron chi connectivity index (χ0n) is 18.4. The molecule has 0 aliphatic rings. The van der Waals surface area contributed by atoms with Crippen LogP contribution in [-0.4, -0.2) is 38.4 Å². The maximum Gasteiger partial charge on any atom is 0.338 e. The summed E-state index contributed by atoms with van der Waals surface area (Å²) in [5.41, 5.74) is 0.314. The standard InChI is InChI=1S/C24H21N3O7S/c1-2-14-26(20-10-4-3-5-11-20)35(32,33)22-13-6-8-18(15-22)24(29)34-17-23(28)25-19-9-7-12-21(16-19)27(30)31/h2-13,15-16H,1,14,17H2,(H,25,28). The van der Waals surface area contributed by atoms with Gasteiger partial charge in [-0.2, -0.15) is 0 Å². The Morgan fingerprint density at radius 2 is 1.74 bits per heavy atom. The molecule has 1 N–H and O–H groups in total. The lowest BCUT2D eigenvalue weighted by atomic mass is 10.2. The second-order valence-electron chi connectivity index (χ2n) is 7.12. The molecule has 1 amide bonds. The molecule has 10 nitrogen and oxygen atoms in total. The summed E-state index contributed by atoms with van der Waals surface area (Å²) in [6.45, 7) is 2.95. The number of hydrogen-bond acceptors (Lipinski definition) is 7. The third-order valence-electron chi connectivity index (χ3n) is 4.67. The minimum atomic E-state index is -4.04. The molecule has 0 fully saturated rings. The van der Waals surface area contributed by atoms with Crippen molar-refractivity contribution in [2.45, 2.75) is 4.90 Å². The fourth-order valence-corrected chi connectivity index (χ4v) is 4.56. The first-order valence-electron chi connectivity index (χ1n) is 10.2. The molecule has 3 aromatic carbocycles. The summed E-state index contributed by atoms with van der Waals surface area (Å²) >= 11 is 0. The van der Waals surface area contributed by atoms with E-state index >= 15 is 0 Å². The van der Waals surface area contributed by atoms with E-state index in [2.05, 4.69) is 11.9 Å². The van der Waals surface area contributed by atoms with Crippen LogP contribution in [0.3, 0.4) is 0 Å². The van der Waals surface area contributed by atoms with Crippen molar-refractivity contribution in [3.63, 3.8) is 0 Å². The molecule has 11 heteroatoms. The number of esters is 1. The summed E-state index contributed by atoms with van der Waals surface area (Å²) in [7, 11) is -4.04. The number of nitrogens with one attached hydrogen (secondary N) is 1. The fourth-order valence-electron chi connectivity index (χ4n) is 3.07. The van der Waals surface area contributed by atoms with Gasteiger partial charge in [0.15, 0.2) is 6.61 Å². The van der Waals surface area contributed by atoms with Gasteiger partial charge in [-0.15, -0.1) is 6.58 Å². The summed E-state index contributed by atoms with van der Waals surface area (Å²) in [6.07, 6.45) is 1.45. The highest BCUT2D eigenvalue weighted by Gasteiger charge is 2.25. The Hall–Kier alpha value is -4.51. The van der Waals surface area contributed by atoms with Gasteiger partial charge < -0.3 is 10.1 Å². The smallest absolute Gasteiger partial charge is 0.338 e. The highest BCUT2D eigenvalue weighted by molar-refractivity contribution is 7.92. The number of benzene rings is 3. The first kappa shape index (κ1) is 25.1. The van der Waals surface area contributed by atoms with E-state index in [-0.39, 0.29) is 28.4 Å². The molecular formula is C24H21N3O7S. The predicted molar refractivity (Wildman–Crippen MR) is 130 cm³/mol.